The Bertz CT molecular complexity index is 424. The van der Waals surface area contributed by atoms with Crippen LogP contribution < -0.4 is 10.1 Å². The molecule has 2 heterocycles. The molecule has 98 valence electrons. The van der Waals surface area contributed by atoms with Crippen LogP contribution in [0, 0.1) is 0 Å². The van der Waals surface area contributed by atoms with E-state index in [4.69, 9.17) is 9.47 Å². The van der Waals surface area contributed by atoms with E-state index in [1.807, 2.05) is 18.2 Å². The fourth-order valence-corrected chi connectivity index (χ4v) is 2.52. The molecular weight excluding hydrogens is 233 g/mol. The van der Waals surface area contributed by atoms with Crippen LogP contribution >= 0.6 is 0 Å². The highest BCUT2D eigenvalue weighted by Crippen LogP contribution is 2.24. The first-order chi connectivity index (χ1) is 8.83. The molecule has 3 nitrogen and oxygen atoms in total. The van der Waals surface area contributed by atoms with E-state index >= 15 is 0 Å². The second-order valence-electron chi connectivity index (χ2n) is 4.90. The molecule has 2 atom stereocenters. The van der Waals surface area contributed by atoms with Crippen molar-refractivity contribution in [1.29, 1.82) is 0 Å². The minimum Gasteiger partial charge on any atom is -0.487 e. The highest BCUT2D eigenvalue weighted by atomic mass is 19.1. The molecule has 0 saturated carbocycles. The number of ether oxygens (including phenoxy) is 2. The van der Waals surface area contributed by atoms with E-state index in [2.05, 4.69) is 5.32 Å². The number of rotatable bonds is 2. The van der Waals surface area contributed by atoms with Gasteiger partial charge in [0.2, 0.25) is 0 Å². The van der Waals surface area contributed by atoms with Crippen LogP contribution in [-0.2, 0) is 17.8 Å². The number of nitrogens with one attached hydrogen (secondary N) is 1. The van der Waals surface area contributed by atoms with Gasteiger partial charge in [0.25, 0.3) is 0 Å². The van der Waals surface area contributed by atoms with E-state index in [0.29, 0.717) is 13.2 Å². The van der Waals surface area contributed by atoms with Crippen molar-refractivity contribution >= 4 is 0 Å². The molecule has 0 aromatic heterocycles. The molecule has 0 amide bonds. The van der Waals surface area contributed by atoms with E-state index in [9.17, 15) is 4.39 Å². The average molecular weight is 251 g/mol. The third-order valence-corrected chi connectivity index (χ3v) is 3.59. The van der Waals surface area contributed by atoms with Gasteiger partial charge >= 0.3 is 0 Å². The molecule has 1 fully saturated rings. The van der Waals surface area contributed by atoms with Gasteiger partial charge in [0.1, 0.15) is 18.0 Å². The molecule has 4 heteroatoms. The fourth-order valence-electron chi connectivity index (χ4n) is 2.52. The van der Waals surface area contributed by atoms with Gasteiger partial charge in [-0.2, -0.15) is 0 Å². The van der Waals surface area contributed by atoms with Gasteiger partial charge in [-0.15, -0.1) is 0 Å². The molecule has 0 unspecified atom stereocenters. The van der Waals surface area contributed by atoms with E-state index in [-0.39, 0.29) is 6.10 Å². The quantitative estimate of drug-likeness (QED) is 0.870. The molecule has 1 aromatic carbocycles. The molecule has 0 spiro atoms. The minimum absolute atomic E-state index is 0.316. The van der Waals surface area contributed by atoms with Gasteiger partial charge in [0.05, 0.1) is 13.2 Å². The summed E-state index contributed by atoms with van der Waals surface area (Å²) in [5.74, 6) is 0.783. The van der Waals surface area contributed by atoms with Crippen LogP contribution in [0.15, 0.2) is 18.2 Å². The molecule has 2 aliphatic heterocycles. The summed E-state index contributed by atoms with van der Waals surface area (Å²) in [5, 5.41) is 3.03. The first-order valence-electron chi connectivity index (χ1n) is 6.54. The Morgan fingerprint density at radius 2 is 2.28 bits per heavy atom. The van der Waals surface area contributed by atoms with Crippen molar-refractivity contribution in [3.8, 4) is 5.75 Å². The Balaban J connectivity index is 1.72. The van der Waals surface area contributed by atoms with Crippen LogP contribution in [0.5, 0.6) is 5.75 Å². The number of benzene rings is 1. The second kappa shape index (κ2) is 5.24. The smallest absolute Gasteiger partial charge is 0.149 e. The zero-order valence-corrected chi connectivity index (χ0v) is 10.3. The van der Waals surface area contributed by atoms with Crippen LogP contribution in [0.25, 0.3) is 0 Å². The Morgan fingerprint density at radius 1 is 1.33 bits per heavy atom. The van der Waals surface area contributed by atoms with E-state index < -0.39 is 6.17 Å². The maximum Gasteiger partial charge on any atom is 0.149 e. The normalized spacial score (nSPS) is 27.6. The Labute approximate surface area is 106 Å². The number of piperidine rings is 1. The van der Waals surface area contributed by atoms with Crippen molar-refractivity contribution in [3.05, 3.63) is 29.3 Å². The Kier molecular flexibility index (Phi) is 3.48. The van der Waals surface area contributed by atoms with Crippen LogP contribution in [0.2, 0.25) is 0 Å². The molecule has 1 aromatic rings. The highest BCUT2D eigenvalue weighted by molar-refractivity contribution is 5.36. The molecule has 0 bridgehead atoms. The Morgan fingerprint density at radius 3 is 3.17 bits per heavy atom. The van der Waals surface area contributed by atoms with Crippen LogP contribution in [-0.4, -0.2) is 32.0 Å². The average Bonchev–Trinajstić information content (AvgIpc) is 2.41. The SMILES string of the molecule is F[C@H]1CNCC[C@H]1Oc1ccc2c(c1)CCOC2. The summed E-state index contributed by atoms with van der Waals surface area (Å²) in [4.78, 5) is 0. The van der Waals surface area contributed by atoms with E-state index in [0.717, 1.165) is 31.7 Å². The zero-order chi connectivity index (χ0) is 12.4. The van der Waals surface area contributed by atoms with Crippen LogP contribution in [0.3, 0.4) is 0 Å². The third kappa shape index (κ3) is 2.49. The highest BCUT2D eigenvalue weighted by Gasteiger charge is 2.26. The number of fused-ring (bicyclic) bond motifs is 1. The van der Waals surface area contributed by atoms with Crippen molar-refractivity contribution in [3.63, 3.8) is 0 Å². The molecular formula is C14H18FNO2. The van der Waals surface area contributed by atoms with Crippen molar-refractivity contribution < 1.29 is 13.9 Å². The van der Waals surface area contributed by atoms with Crippen molar-refractivity contribution in [2.24, 2.45) is 0 Å². The summed E-state index contributed by atoms with van der Waals surface area (Å²) >= 11 is 0. The summed E-state index contributed by atoms with van der Waals surface area (Å²) in [6, 6.07) is 5.98. The van der Waals surface area contributed by atoms with Gasteiger partial charge < -0.3 is 14.8 Å². The van der Waals surface area contributed by atoms with Gasteiger partial charge in [-0.05, 0) is 42.6 Å². The summed E-state index contributed by atoms with van der Waals surface area (Å²) in [6.45, 7) is 2.65. The first-order valence-corrected chi connectivity index (χ1v) is 6.54. The molecule has 0 aliphatic carbocycles. The molecule has 1 N–H and O–H groups in total. The maximum absolute atomic E-state index is 13.7. The lowest BCUT2D eigenvalue weighted by Gasteiger charge is -2.28. The van der Waals surface area contributed by atoms with Crippen LogP contribution in [0.1, 0.15) is 17.5 Å². The topological polar surface area (TPSA) is 30.5 Å². The standard InChI is InChI=1S/C14H18FNO2/c15-13-8-16-5-3-14(13)18-12-2-1-11-9-17-6-4-10(11)7-12/h1-2,7,13-14,16H,3-6,8-9H2/t13-,14+/m0/s1. The summed E-state index contributed by atoms with van der Waals surface area (Å²) in [6.07, 6.45) is 0.404. The lowest BCUT2D eigenvalue weighted by molar-refractivity contribution is 0.0725. The molecule has 18 heavy (non-hydrogen) atoms. The summed E-state index contributed by atoms with van der Waals surface area (Å²) < 4.78 is 24.8. The predicted molar refractivity (Wildman–Crippen MR) is 66.6 cm³/mol. The second-order valence-corrected chi connectivity index (χ2v) is 4.90. The predicted octanol–water partition coefficient (Wildman–Crippen LogP) is 1.84. The zero-order valence-electron chi connectivity index (χ0n) is 10.3. The molecule has 2 aliphatic rings. The lowest BCUT2D eigenvalue weighted by atomic mass is 10.0. The number of hydrogen-bond acceptors (Lipinski definition) is 3. The number of halogens is 1. The maximum atomic E-state index is 13.7. The first kappa shape index (κ1) is 11.9. The Hall–Kier alpha value is -1.13. The van der Waals surface area contributed by atoms with Gasteiger partial charge in [-0.1, -0.05) is 6.07 Å². The lowest BCUT2D eigenvalue weighted by Crippen LogP contribution is -2.44. The van der Waals surface area contributed by atoms with Gasteiger partial charge in [-0.25, -0.2) is 4.39 Å². The fraction of sp³-hybridized carbons (Fsp3) is 0.571. The van der Waals surface area contributed by atoms with Crippen molar-refractivity contribution in [2.75, 3.05) is 19.7 Å². The molecule has 1 saturated heterocycles. The van der Waals surface area contributed by atoms with Crippen molar-refractivity contribution in [2.45, 2.75) is 31.7 Å². The van der Waals surface area contributed by atoms with E-state index in [1.165, 1.54) is 11.1 Å². The number of alkyl halides is 1. The minimum atomic E-state index is -0.918. The van der Waals surface area contributed by atoms with Crippen molar-refractivity contribution in [1.82, 2.24) is 5.32 Å². The molecule has 0 radical (unpaired) electrons. The summed E-state index contributed by atoms with van der Waals surface area (Å²) in [5.41, 5.74) is 2.49. The largest absolute Gasteiger partial charge is 0.487 e. The van der Waals surface area contributed by atoms with Gasteiger partial charge in [0.15, 0.2) is 0 Å². The summed E-state index contributed by atoms with van der Waals surface area (Å²) in [7, 11) is 0. The van der Waals surface area contributed by atoms with Crippen LogP contribution in [0.4, 0.5) is 4.39 Å². The van der Waals surface area contributed by atoms with E-state index in [1.54, 1.807) is 0 Å². The van der Waals surface area contributed by atoms with Gasteiger partial charge in [0, 0.05) is 6.54 Å². The number of hydrogen-bond donors (Lipinski definition) is 1. The third-order valence-electron chi connectivity index (χ3n) is 3.59. The monoisotopic (exact) mass is 251 g/mol. The molecule has 3 rings (SSSR count). The van der Waals surface area contributed by atoms with Gasteiger partial charge in [-0.3, -0.25) is 0 Å².